The molecule has 0 atom stereocenters. The topological polar surface area (TPSA) is 122 Å². The molecule has 2 aromatic heterocycles. The first-order chi connectivity index (χ1) is 10.8. The summed E-state index contributed by atoms with van der Waals surface area (Å²) in [6.45, 7) is 0. The summed E-state index contributed by atoms with van der Waals surface area (Å²) in [6.07, 6.45) is 3.78. The third-order valence-electron chi connectivity index (χ3n) is 2.76. The Kier molecular flexibility index (Phi) is 7.01. The number of aromatic amines is 1. The summed E-state index contributed by atoms with van der Waals surface area (Å²) in [6, 6.07) is 13.6. The molecule has 3 rings (SSSR count). The van der Waals surface area contributed by atoms with Gasteiger partial charge in [-0.25, -0.2) is 0 Å². The summed E-state index contributed by atoms with van der Waals surface area (Å²) >= 11 is 0. The number of amides is 1. The van der Waals surface area contributed by atoms with Gasteiger partial charge in [0, 0.05) is 17.1 Å². The Morgan fingerprint density at radius 3 is 2.45 bits per heavy atom. The van der Waals surface area contributed by atoms with Crippen LogP contribution in [0.3, 0.4) is 0 Å². The van der Waals surface area contributed by atoms with Crippen molar-refractivity contribution in [2.75, 3.05) is 7.05 Å². The number of nitrogens with zero attached hydrogens (tertiary/aromatic N) is 1. The Balaban J connectivity index is 0.000000435. The summed E-state index contributed by atoms with van der Waals surface area (Å²) in [5, 5.41) is 9.23. The number of rotatable bonds is 2. The molecule has 2 heterocycles. The van der Waals surface area contributed by atoms with Crippen molar-refractivity contribution in [3.05, 3.63) is 66.1 Å². The fourth-order valence-electron chi connectivity index (χ4n) is 1.87. The molecule has 0 aliphatic carbocycles. The van der Waals surface area contributed by atoms with Crippen LogP contribution in [0.25, 0.3) is 10.9 Å². The van der Waals surface area contributed by atoms with Crippen molar-refractivity contribution in [2.24, 2.45) is 11.5 Å². The monoisotopic (exact) mass is 297 g/mol. The van der Waals surface area contributed by atoms with E-state index in [0.29, 0.717) is 5.71 Å². The molecule has 0 aliphatic rings. The number of carbonyl (C=O) groups excluding carboxylic acids is 1. The largest absolute Gasteiger partial charge is 0.372 e. The van der Waals surface area contributed by atoms with E-state index in [-0.39, 0.29) is 6.41 Å². The van der Waals surface area contributed by atoms with Crippen LogP contribution in [-0.2, 0) is 4.79 Å². The molecule has 114 valence electrons. The van der Waals surface area contributed by atoms with Crippen molar-refractivity contribution < 1.29 is 4.79 Å². The minimum atomic E-state index is 0.250. The lowest BCUT2D eigenvalue weighted by Gasteiger charge is -2.00. The molecule has 3 aromatic rings. The number of nitrogens with two attached hydrogens (primary N) is 2. The second-order valence-electron chi connectivity index (χ2n) is 4.02. The van der Waals surface area contributed by atoms with Gasteiger partial charge in [0.1, 0.15) is 0 Å². The fraction of sp³-hybridized carbons (Fsp3) is 0.0625. The van der Waals surface area contributed by atoms with E-state index < -0.39 is 0 Å². The number of benzene rings is 1. The smallest absolute Gasteiger partial charge is 0.204 e. The van der Waals surface area contributed by atoms with Gasteiger partial charge >= 0.3 is 0 Å². The highest BCUT2D eigenvalue weighted by atomic mass is 16.1. The summed E-state index contributed by atoms with van der Waals surface area (Å²) < 4.78 is 0. The fourth-order valence-corrected chi connectivity index (χ4v) is 1.87. The van der Waals surface area contributed by atoms with Crippen molar-refractivity contribution >= 4 is 23.0 Å². The van der Waals surface area contributed by atoms with E-state index in [1.807, 2.05) is 42.5 Å². The third kappa shape index (κ3) is 4.26. The first kappa shape index (κ1) is 17.1. The van der Waals surface area contributed by atoms with Crippen LogP contribution in [0, 0.1) is 5.41 Å². The van der Waals surface area contributed by atoms with Crippen LogP contribution in [0.4, 0.5) is 0 Å². The molecular weight excluding hydrogens is 278 g/mol. The standard InChI is InChI=1S/C14H11N3.CH3NO.CH5N/c15-14(10-4-2-1-3-5-10)12-8-11-6-7-16-9-13(11)17-12;2-1-3;1-2/h1-9,15,17H;1H,(H2,2,3);2H2,1H3. The lowest BCUT2D eigenvalue weighted by Crippen LogP contribution is -2.00. The van der Waals surface area contributed by atoms with Crippen LogP contribution in [0.1, 0.15) is 11.3 Å². The van der Waals surface area contributed by atoms with Crippen molar-refractivity contribution in [3.63, 3.8) is 0 Å². The molecule has 1 amide bonds. The molecule has 6 nitrogen and oxygen atoms in total. The highest BCUT2D eigenvalue weighted by Gasteiger charge is 2.07. The van der Waals surface area contributed by atoms with Crippen molar-refractivity contribution in [3.8, 4) is 0 Å². The zero-order valence-corrected chi connectivity index (χ0v) is 12.3. The Morgan fingerprint density at radius 1 is 1.23 bits per heavy atom. The quantitative estimate of drug-likeness (QED) is 0.425. The molecule has 6 heteroatoms. The van der Waals surface area contributed by atoms with E-state index in [0.717, 1.165) is 22.2 Å². The summed E-state index contributed by atoms with van der Waals surface area (Å²) in [4.78, 5) is 15.8. The summed E-state index contributed by atoms with van der Waals surface area (Å²) in [5.41, 5.74) is 11.9. The summed E-state index contributed by atoms with van der Waals surface area (Å²) in [5.74, 6) is 0. The van der Waals surface area contributed by atoms with Gasteiger partial charge < -0.3 is 16.5 Å². The molecular formula is C16H19N5O. The van der Waals surface area contributed by atoms with Gasteiger partial charge in [0.25, 0.3) is 0 Å². The predicted octanol–water partition coefficient (Wildman–Crippen LogP) is 1.66. The average Bonchev–Trinajstić information content (AvgIpc) is 3.01. The Morgan fingerprint density at radius 2 is 1.86 bits per heavy atom. The highest BCUT2D eigenvalue weighted by Crippen LogP contribution is 2.16. The third-order valence-corrected chi connectivity index (χ3v) is 2.76. The van der Waals surface area contributed by atoms with Gasteiger partial charge in [-0.2, -0.15) is 0 Å². The maximum absolute atomic E-state index is 8.58. The number of aromatic nitrogens is 2. The predicted molar refractivity (Wildman–Crippen MR) is 88.8 cm³/mol. The maximum atomic E-state index is 8.58. The number of primary amides is 1. The molecule has 6 N–H and O–H groups in total. The van der Waals surface area contributed by atoms with E-state index in [9.17, 15) is 0 Å². The van der Waals surface area contributed by atoms with Crippen molar-refractivity contribution in [1.29, 1.82) is 5.41 Å². The molecule has 1 aromatic carbocycles. The van der Waals surface area contributed by atoms with Gasteiger partial charge in [-0.05, 0) is 19.2 Å². The summed E-state index contributed by atoms with van der Waals surface area (Å²) in [7, 11) is 1.50. The highest BCUT2D eigenvalue weighted by molar-refractivity contribution is 6.11. The minimum absolute atomic E-state index is 0.250. The number of pyridine rings is 1. The van der Waals surface area contributed by atoms with E-state index in [2.05, 4.69) is 21.4 Å². The Hall–Kier alpha value is -2.99. The van der Waals surface area contributed by atoms with Gasteiger partial charge in [0.15, 0.2) is 0 Å². The lowest BCUT2D eigenvalue weighted by molar-refractivity contribution is -0.106. The van der Waals surface area contributed by atoms with E-state index >= 15 is 0 Å². The van der Waals surface area contributed by atoms with Crippen molar-refractivity contribution in [2.45, 2.75) is 0 Å². The lowest BCUT2D eigenvalue weighted by atomic mass is 10.1. The zero-order chi connectivity index (χ0) is 16.4. The number of fused-ring (bicyclic) bond motifs is 1. The second-order valence-corrected chi connectivity index (χ2v) is 4.02. The van der Waals surface area contributed by atoms with E-state index in [1.54, 1.807) is 12.4 Å². The molecule has 0 fully saturated rings. The second kappa shape index (κ2) is 9.04. The van der Waals surface area contributed by atoms with Crippen LogP contribution in [0.5, 0.6) is 0 Å². The van der Waals surface area contributed by atoms with Crippen LogP contribution in [0.15, 0.2) is 54.9 Å². The molecule has 0 radical (unpaired) electrons. The molecule has 0 aliphatic heterocycles. The van der Waals surface area contributed by atoms with Gasteiger partial charge in [-0.3, -0.25) is 15.2 Å². The van der Waals surface area contributed by atoms with Crippen LogP contribution in [-0.4, -0.2) is 29.1 Å². The Bertz CT molecular complexity index is 688. The first-order valence-electron chi connectivity index (χ1n) is 6.56. The van der Waals surface area contributed by atoms with Gasteiger partial charge in [0.2, 0.25) is 6.41 Å². The molecule has 22 heavy (non-hydrogen) atoms. The SMILES string of the molecule is CN.N=C(c1ccccc1)c1cc2ccncc2[nH]1.NC=O. The van der Waals surface area contributed by atoms with Crippen molar-refractivity contribution in [1.82, 2.24) is 9.97 Å². The van der Waals surface area contributed by atoms with Crippen LogP contribution < -0.4 is 11.5 Å². The number of hydrogen-bond acceptors (Lipinski definition) is 4. The number of carbonyl (C=O) groups is 1. The number of hydrogen-bond donors (Lipinski definition) is 4. The van der Waals surface area contributed by atoms with E-state index in [1.165, 1.54) is 7.05 Å². The number of H-pyrrole nitrogens is 1. The zero-order valence-electron chi connectivity index (χ0n) is 12.3. The molecule has 0 unspecified atom stereocenters. The average molecular weight is 297 g/mol. The molecule has 0 saturated heterocycles. The normalized spacial score (nSPS) is 9.00. The van der Waals surface area contributed by atoms with Gasteiger partial charge in [-0.1, -0.05) is 30.3 Å². The van der Waals surface area contributed by atoms with Crippen LogP contribution in [0.2, 0.25) is 0 Å². The minimum Gasteiger partial charge on any atom is -0.372 e. The maximum Gasteiger partial charge on any atom is 0.204 e. The molecule has 0 saturated carbocycles. The Labute approximate surface area is 128 Å². The number of nitrogens with one attached hydrogen (secondary N) is 2. The van der Waals surface area contributed by atoms with Gasteiger partial charge in [0.05, 0.1) is 23.1 Å². The van der Waals surface area contributed by atoms with Gasteiger partial charge in [-0.15, -0.1) is 0 Å². The van der Waals surface area contributed by atoms with E-state index in [4.69, 9.17) is 10.2 Å². The van der Waals surface area contributed by atoms with Crippen LogP contribution >= 0.6 is 0 Å². The molecule has 0 bridgehead atoms. The molecule has 0 spiro atoms. The first-order valence-corrected chi connectivity index (χ1v) is 6.56.